The Morgan fingerprint density at radius 1 is 1.24 bits per heavy atom. The number of aromatic nitrogens is 3. The van der Waals surface area contributed by atoms with Crippen molar-refractivity contribution in [2.24, 2.45) is 0 Å². The van der Waals surface area contributed by atoms with Crippen molar-refractivity contribution in [3.8, 4) is 5.69 Å². The smallest absolute Gasteiger partial charge is 0.321 e. The van der Waals surface area contributed by atoms with E-state index in [9.17, 15) is 9.18 Å². The van der Waals surface area contributed by atoms with Gasteiger partial charge in [0.1, 0.15) is 11.5 Å². The van der Waals surface area contributed by atoms with Gasteiger partial charge in [-0.15, -0.1) is 0 Å². The molecule has 3 rings (SSSR count). The first-order valence-corrected chi connectivity index (χ1v) is 7.79. The highest BCUT2D eigenvalue weighted by Crippen LogP contribution is 2.19. The number of amides is 2. The van der Waals surface area contributed by atoms with Gasteiger partial charge >= 0.3 is 6.03 Å². The average Bonchev–Trinajstić information content (AvgIpc) is 3.09. The number of anilines is 1. The van der Waals surface area contributed by atoms with Crippen LogP contribution in [0.15, 0.2) is 61.2 Å². The van der Waals surface area contributed by atoms with E-state index in [0.717, 1.165) is 5.56 Å². The normalized spacial score (nSPS) is 11.8. The zero-order chi connectivity index (χ0) is 17.8. The number of hydrogen-bond donors (Lipinski definition) is 1. The van der Waals surface area contributed by atoms with E-state index in [1.807, 2.05) is 19.1 Å². The predicted octanol–water partition coefficient (Wildman–Crippen LogP) is 3.63. The van der Waals surface area contributed by atoms with Crippen molar-refractivity contribution in [1.29, 1.82) is 0 Å². The van der Waals surface area contributed by atoms with E-state index in [2.05, 4.69) is 15.4 Å². The summed E-state index contributed by atoms with van der Waals surface area (Å²) < 4.78 is 15.2. The Hall–Kier alpha value is -3.22. The SMILES string of the molecule is C[C@H](c1ccncc1)N(C)C(=O)Nc1cnn(-c2ccccc2F)c1. The lowest BCUT2D eigenvalue weighted by Crippen LogP contribution is -2.33. The molecule has 128 valence electrons. The van der Waals surface area contributed by atoms with Crippen molar-refractivity contribution < 1.29 is 9.18 Å². The third-order valence-corrected chi connectivity index (χ3v) is 4.02. The van der Waals surface area contributed by atoms with Crippen molar-refractivity contribution in [1.82, 2.24) is 19.7 Å². The molecule has 2 aromatic heterocycles. The van der Waals surface area contributed by atoms with Gasteiger partial charge in [0.05, 0.1) is 24.1 Å². The molecule has 0 bridgehead atoms. The largest absolute Gasteiger partial charge is 0.322 e. The van der Waals surface area contributed by atoms with Crippen LogP contribution in [0.1, 0.15) is 18.5 Å². The molecule has 2 amide bonds. The molecule has 3 aromatic rings. The van der Waals surface area contributed by atoms with Gasteiger partial charge in [-0.3, -0.25) is 4.98 Å². The second-order valence-corrected chi connectivity index (χ2v) is 5.62. The molecule has 2 heterocycles. The molecule has 7 heteroatoms. The van der Waals surface area contributed by atoms with E-state index in [-0.39, 0.29) is 17.9 Å². The zero-order valence-corrected chi connectivity index (χ0v) is 13.9. The fourth-order valence-corrected chi connectivity index (χ4v) is 2.41. The molecule has 0 aliphatic rings. The fraction of sp³-hybridized carbons (Fsp3) is 0.167. The summed E-state index contributed by atoms with van der Waals surface area (Å²) in [4.78, 5) is 18.0. The number of carbonyl (C=O) groups is 1. The van der Waals surface area contributed by atoms with Gasteiger partial charge in [-0.1, -0.05) is 12.1 Å². The van der Waals surface area contributed by atoms with Crippen molar-refractivity contribution >= 4 is 11.7 Å². The Morgan fingerprint density at radius 3 is 2.68 bits per heavy atom. The standard InChI is InChI=1S/C18H18FN5O/c1-13(14-7-9-20-10-8-14)23(2)18(25)22-15-11-21-24(12-15)17-6-4-3-5-16(17)19/h3-13H,1-2H3,(H,22,25)/t13-/m1/s1. The van der Waals surface area contributed by atoms with Gasteiger partial charge < -0.3 is 10.2 Å². The minimum atomic E-state index is -0.382. The molecular formula is C18H18FN5O. The summed E-state index contributed by atoms with van der Waals surface area (Å²) in [6, 6.07) is 9.64. The molecule has 0 aliphatic carbocycles. The van der Waals surface area contributed by atoms with Crippen LogP contribution >= 0.6 is 0 Å². The molecule has 0 spiro atoms. The lowest BCUT2D eigenvalue weighted by Gasteiger charge is -2.25. The van der Waals surface area contributed by atoms with Crippen LogP contribution in [0.3, 0.4) is 0 Å². The lowest BCUT2D eigenvalue weighted by molar-refractivity contribution is 0.208. The van der Waals surface area contributed by atoms with Gasteiger partial charge in [0.25, 0.3) is 0 Å². The molecule has 0 aliphatic heterocycles. The van der Waals surface area contributed by atoms with Crippen LogP contribution in [0, 0.1) is 5.82 Å². The number of para-hydroxylation sites is 1. The maximum Gasteiger partial charge on any atom is 0.322 e. The van der Waals surface area contributed by atoms with Gasteiger partial charge in [0.2, 0.25) is 0 Å². The topological polar surface area (TPSA) is 63.1 Å². The molecule has 0 unspecified atom stereocenters. The lowest BCUT2D eigenvalue weighted by atomic mass is 10.1. The van der Waals surface area contributed by atoms with E-state index in [1.54, 1.807) is 48.7 Å². The Kier molecular flexibility index (Phi) is 4.74. The quantitative estimate of drug-likeness (QED) is 0.789. The van der Waals surface area contributed by atoms with Crippen molar-refractivity contribution in [2.75, 3.05) is 12.4 Å². The highest BCUT2D eigenvalue weighted by Gasteiger charge is 2.18. The Labute approximate surface area is 144 Å². The molecule has 0 radical (unpaired) electrons. The molecule has 0 saturated carbocycles. The predicted molar refractivity (Wildman–Crippen MR) is 93.0 cm³/mol. The summed E-state index contributed by atoms with van der Waals surface area (Å²) in [6.07, 6.45) is 6.43. The van der Waals surface area contributed by atoms with Gasteiger partial charge in [0, 0.05) is 19.4 Å². The van der Waals surface area contributed by atoms with Crippen LogP contribution in [0.25, 0.3) is 5.69 Å². The molecule has 1 atom stereocenters. The van der Waals surface area contributed by atoms with E-state index < -0.39 is 0 Å². The fourth-order valence-electron chi connectivity index (χ4n) is 2.41. The molecule has 0 fully saturated rings. The van der Waals surface area contributed by atoms with Crippen LogP contribution in [0.4, 0.5) is 14.9 Å². The Bertz CT molecular complexity index is 865. The van der Waals surface area contributed by atoms with Crippen LogP contribution < -0.4 is 5.32 Å². The van der Waals surface area contributed by atoms with Crippen molar-refractivity contribution in [2.45, 2.75) is 13.0 Å². The Morgan fingerprint density at radius 2 is 1.96 bits per heavy atom. The third kappa shape index (κ3) is 3.65. The molecule has 1 N–H and O–H groups in total. The molecule has 25 heavy (non-hydrogen) atoms. The number of carbonyl (C=O) groups excluding carboxylic acids is 1. The number of nitrogens with one attached hydrogen (secondary N) is 1. The van der Waals surface area contributed by atoms with Crippen molar-refractivity contribution in [3.63, 3.8) is 0 Å². The van der Waals surface area contributed by atoms with Crippen LogP contribution in [0.2, 0.25) is 0 Å². The highest BCUT2D eigenvalue weighted by molar-refractivity contribution is 5.89. The second kappa shape index (κ2) is 7.12. The number of rotatable bonds is 4. The first-order valence-electron chi connectivity index (χ1n) is 7.79. The molecule has 0 saturated heterocycles. The van der Waals surface area contributed by atoms with Gasteiger partial charge in [-0.25, -0.2) is 13.9 Å². The highest BCUT2D eigenvalue weighted by atomic mass is 19.1. The zero-order valence-electron chi connectivity index (χ0n) is 13.9. The van der Waals surface area contributed by atoms with E-state index in [4.69, 9.17) is 0 Å². The summed E-state index contributed by atoms with van der Waals surface area (Å²) in [6.45, 7) is 1.93. The van der Waals surface area contributed by atoms with Crippen LogP contribution in [-0.2, 0) is 0 Å². The Balaban J connectivity index is 1.70. The first-order chi connectivity index (χ1) is 12.1. The van der Waals surface area contributed by atoms with Crippen LogP contribution in [-0.4, -0.2) is 32.7 Å². The average molecular weight is 339 g/mol. The minimum Gasteiger partial charge on any atom is -0.321 e. The molecule has 1 aromatic carbocycles. The maximum absolute atomic E-state index is 13.8. The summed E-state index contributed by atoms with van der Waals surface area (Å²) in [5.74, 6) is -0.382. The third-order valence-electron chi connectivity index (χ3n) is 4.02. The minimum absolute atomic E-state index is 0.121. The number of hydrogen-bond acceptors (Lipinski definition) is 3. The summed E-state index contributed by atoms with van der Waals surface area (Å²) in [5, 5.41) is 6.87. The number of halogens is 1. The van der Waals surface area contributed by atoms with E-state index in [0.29, 0.717) is 11.4 Å². The van der Waals surface area contributed by atoms with Gasteiger partial charge in [0.15, 0.2) is 0 Å². The number of benzene rings is 1. The summed E-state index contributed by atoms with van der Waals surface area (Å²) >= 11 is 0. The maximum atomic E-state index is 13.8. The van der Waals surface area contributed by atoms with E-state index in [1.165, 1.54) is 16.9 Å². The molecular weight excluding hydrogens is 321 g/mol. The van der Waals surface area contributed by atoms with Crippen LogP contribution in [0.5, 0.6) is 0 Å². The first kappa shape index (κ1) is 16.6. The van der Waals surface area contributed by atoms with Gasteiger partial charge in [-0.2, -0.15) is 5.10 Å². The molecule has 6 nitrogen and oxygen atoms in total. The number of pyridine rings is 1. The second-order valence-electron chi connectivity index (χ2n) is 5.62. The summed E-state index contributed by atoms with van der Waals surface area (Å²) in [7, 11) is 1.71. The van der Waals surface area contributed by atoms with E-state index >= 15 is 0 Å². The van der Waals surface area contributed by atoms with Crippen molar-refractivity contribution in [3.05, 3.63) is 72.6 Å². The van der Waals surface area contributed by atoms with Gasteiger partial charge in [-0.05, 0) is 36.8 Å². The monoisotopic (exact) mass is 339 g/mol. The summed E-state index contributed by atoms with van der Waals surface area (Å²) in [5.41, 5.74) is 1.79. The number of nitrogens with zero attached hydrogens (tertiary/aromatic N) is 4. The number of urea groups is 1.